The van der Waals surface area contributed by atoms with Gasteiger partial charge < -0.3 is 9.80 Å². The number of thiophene rings is 1. The molecular weight excluding hydrogens is 876 g/mol. The van der Waals surface area contributed by atoms with Gasteiger partial charge in [-0.3, -0.25) is 0 Å². The summed E-state index contributed by atoms with van der Waals surface area (Å²) in [6.07, 6.45) is 0. The van der Waals surface area contributed by atoms with Crippen molar-refractivity contribution >= 4 is 67.9 Å². The SMILES string of the molecule is Cc1cc2c3c(c1)N(c1ccccc1)c1c(sc4c1-c1ccccc1C41c4ccccc4-c4ccccc41)B3c1cc3c(cc1N2c1ccccc1)-c1ccccc1C31c2ccccc2-c2ccccc21. The molecule has 328 valence electrons. The van der Waals surface area contributed by atoms with E-state index in [9.17, 15) is 0 Å². The van der Waals surface area contributed by atoms with Crippen molar-refractivity contribution in [3.8, 4) is 44.5 Å². The average molecular weight is 917 g/mol. The molecule has 0 amide bonds. The lowest BCUT2D eigenvalue weighted by atomic mass is 9.35. The summed E-state index contributed by atoms with van der Waals surface area (Å²) in [5.74, 6) is 0. The molecule has 4 aliphatic carbocycles. The highest BCUT2D eigenvalue weighted by atomic mass is 32.1. The molecule has 0 atom stereocenters. The standard InChI is InChI=1S/C67H41BN2S/c1-40-36-59-62-60(37-40)70(42-22-6-3-7-23-42)63-61-48-29-13-19-35-55(48)67(53-33-17-10-26-45(53)46-27-11-18-34-54(46)67)64(61)71-65(63)68(62)57-39-56-49(38-58(57)69(59)41-20-4-2-5-21-41)47-28-12-16-32-52(47)66(56)50-30-14-8-24-43(50)44-25-9-15-31-51(44)66/h2-39H,1H3. The van der Waals surface area contributed by atoms with Gasteiger partial charge in [-0.05, 0) is 144 Å². The summed E-state index contributed by atoms with van der Waals surface area (Å²) >= 11 is 2.07. The van der Waals surface area contributed by atoms with Gasteiger partial charge in [-0.1, -0.05) is 188 Å². The Kier molecular flexibility index (Phi) is 7.28. The van der Waals surface area contributed by atoms with Crippen LogP contribution >= 0.6 is 11.3 Å². The van der Waals surface area contributed by atoms with Crippen LogP contribution in [-0.2, 0) is 10.8 Å². The van der Waals surface area contributed by atoms with E-state index in [1.165, 1.54) is 138 Å². The number of anilines is 6. The molecule has 2 aliphatic heterocycles. The van der Waals surface area contributed by atoms with Gasteiger partial charge in [0.15, 0.2) is 0 Å². The molecule has 17 rings (SSSR count). The van der Waals surface area contributed by atoms with Crippen LogP contribution < -0.4 is 25.5 Å². The second kappa shape index (κ2) is 13.5. The van der Waals surface area contributed by atoms with E-state index in [0.717, 1.165) is 5.69 Å². The highest BCUT2D eigenvalue weighted by Gasteiger charge is 2.58. The van der Waals surface area contributed by atoms with Crippen molar-refractivity contribution in [2.75, 3.05) is 9.80 Å². The maximum Gasteiger partial charge on any atom is 0.264 e. The summed E-state index contributed by atoms with van der Waals surface area (Å²) in [4.78, 5) is 6.67. The minimum absolute atomic E-state index is 0.0600. The maximum absolute atomic E-state index is 2.69. The lowest BCUT2D eigenvalue weighted by Crippen LogP contribution is -2.60. The Morgan fingerprint density at radius 2 is 0.775 bits per heavy atom. The fourth-order valence-corrected chi connectivity index (χ4v) is 16.3. The average Bonchev–Trinajstić information content (AvgIpc) is 4.20. The Morgan fingerprint density at radius 3 is 1.30 bits per heavy atom. The number of benzene rings is 10. The van der Waals surface area contributed by atoms with E-state index in [1.54, 1.807) is 0 Å². The molecule has 11 aromatic rings. The van der Waals surface area contributed by atoms with Crippen LogP contribution in [0, 0.1) is 6.92 Å². The zero-order chi connectivity index (χ0) is 46.3. The van der Waals surface area contributed by atoms with Gasteiger partial charge in [-0.2, -0.15) is 0 Å². The lowest BCUT2D eigenvalue weighted by Gasteiger charge is -2.44. The lowest BCUT2D eigenvalue weighted by molar-refractivity contribution is 0.794. The molecule has 0 unspecified atom stereocenters. The summed E-state index contributed by atoms with van der Waals surface area (Å²) in [7, 11) is 0. The highest BCUT2D eigenvalue weighted by molar-refractivity contribution is 7.30. The summed E-state index contributed by atoms with van der Waals surface area (Å²) < 4.78 is 1.40. The van der Waals surface area contributed by atoms with E-state index >= 15 is 0 Å². The first-order chi connectivity index (χ1) is 35.2. The number of aryl methyl sites for hydroxylation is 1. The fourth-order valence-electron chi connectivity index (χ4n) is 14.7. The van der Waals surface area contributed by atoms with Crippen LogP contribution in [0.4, 0.5) is 34.1 Å². The van der Waals surface area contributed by atoms with Crippen LogP contribution in [0.3, 0.4) is 0 Å². The molecule has 0 saturated carbocycles. The Hall–Kier alpha value is -8.44. The van der Waals surface area contributed by atoms with Crippen LogP contribution in [0.2, 0.25) is 0 Å². The molecule has 1 aromatic heterocycles. The Bertz CT molecular complexity index is 4080. The molecular formula is C67H41BN2S. The van der Waals surface area contributed by atoms with Gasteiger partial charge in [0.05, 0.1) is 16.5 Å². The zero-order valence-electron chi connectivity index (χ0n) is 38.8. The Morgan fingerprint density at radius 1 is 0.366 bits per heavy atom. The second-order valence-electron chi connectivity index (χ2n) is 20.2. The van der Waals surface area contributed by atoms with Crippen molar-refractivity contribution in [1.29, 1.82) is 0 Å². The number of nitrogens with zero attached hydrogens (tertiary/aromatic N) is 2. The predicted octanol–water partition coefficient (Wildman–Crippen LogP) is 14.8. The normalized spacial score (nSPS) is 15.3. The third kappa shape index (κ3) is 4.45. The van der Waals surface area contributed by atoms with E-state index in [0.29, 0.717) is 0 Å². The van der Waals surface area contributed by atoms with Crippen LogP contribution in [0.1, 0.15) is 49.4 Å². The monoisotopic (exact) mass is 916 g/mol. The quantitative estimate of drug-likeness (QED) is 0.159. The number of hydrogen-bond donors (Lipinski definition) is 0. The van der Waals surface area contributed by atoms with Gasteiger partial charge in [0.2, 0.25) is 0 Å². The van der Waals surface area contributed by atoms with Gasteiger partial charge in [0, 0.05) is 43.7 Å². The third-order valence-corrected chi connectivity index (χ3v) is 18.4. The summed E-state index contributed by atoms with van der Waals surface area (Å²) in [6, 6.07) is 88.0. The van der Waals surface area contributed by atoms with E-state index in [4.69, 9.17) is 0 Å². The topological polar surface area (TPSA) is 6.48 Å². The van der Waals surface area contributed by atoms with Crippen molar-refractivity contribution in [3.05, 3.63) is 280 Å². The van der Waals surface area contributed by atoms with E-state index in [2.05, 4.69) is 259 Å². The minimum Gasteiger partial charge on any atom is -0.311 e. The van der Waals surface area contributed by atoms with Gasteiger partial charge in [-0.15, -0.1) is 11.3 Å². The predicted molar refractivity (Wildman–Crippen MR) is 296 cm³/mol. The van der Waals surface area contributed by atoms with E-state index in [1.807, 2.05) is 0 Å². The van der Waals surface area contributed by atoms with Gasteiger partial charge >= 0.3 is 0 Å². The third-order valence-electron chi connectivity index (χ3n) is 17.1. The smallest absolute Gasteiger partial charge is 0.264 e. The van der Waals surface area contributed by atoms with Crippen LogP contribution in [0.25, 0.3) is 44.5 Å². The molecule has 71 heavy (non-hydrogen) atoms. The summed E-state index contributed by atoms with van der Waals surface area (Å²) in [5.41, 5.74) is 30.6. The van der Waals surface area contributed by atoms with Crippen LogP contribution in [-0.4, -0.2) is 6.71 Å². The molecule has 10 aromatic carbocycles. The first-order valence-electron chi connectivity index (χ1n) is 25.0. The highest BCUT2D eigenvalue weighted by Crippen LogP contribution is 2.68. The summed E-state index contributed by atoms with van der Waals surface area (Å²) in [6.45, 7) is 2.23. The molecule has 0 fully saturated rings. The van der Waals surface area contributed by atoms with Crippen molar-refractivity contribution in [2.24, 2.45) is 0 Å². The zero-order valence-corrected chi connectivity index (χ0v) is 39.6. The first-order valence-corrected chi connectivity index (χ1v) is 25.8. The van der Waals surface area contributed by atoms with Crippen molar-refractivity contribution in [2.45, 2.75) is 17.8 Å². The minimum atomic E-state index is -0.479. The van der Waals surface area contributed by atoms with Crippen LogP contribution in [0.5, 0.6) is 0 Å². The van der Waals surface area contributed by atoms with E-state index in [-0.39, 0.29) is 6.71 Å². The Balaban J connectivity index is 1.04. The summed E-state index contributed by atoms with van der Waals surface area (Å²) in [5, 5.41) is 0. The number of para-hydroxylation sites is 2. The van der Waals surface area contributed by atoms with Gasteiger partial charge in [0.25, 0.3) is 6.71 Å². The van der Waals surface area contributed by atoms with E-state index < -0.39 is 10.8 Å². The molecule has 3 heterocycles. The fraction of sp³-hybridized carbons (Fsp3) is 0.0448. The van der Waals surface area contributed by atoms with Crippen molar-refractivity contribution in [3.63, 3.8) is 0 Å². The molecule has 0 bridgehead atoms. The molecule has 2 spiro atoms. The molecule has 0 N–H and O–H groups in total. The second-order valence-corrected chi connectivity index (χ2v) is 21.3. The van der Waals surface area contributed by atoms with Crippen molar-refractivity contribution < 1.29 is 0 Å². The molecule has 2 nitrogen and oxygen atoms in total. The largest absolute Gasteiger partial charge is 0.311 e. The van der Waals surface area contributed by atoms with Gasteiger partial charge in [0.1, 0.15) is 0 Å². The van der Waals surface area contributed by atoms with Gasteiger partial charge in [-0.25, -0.2) is 0 Å². The number of fused-ring (bicyclic) bond motifs is 25. The number of hydrogen-bond acceptors (Lipinski definition) is 3. The molecule has 4 heteroatoms. The molecule has 6 aliphatic rings. The number of rotatable bonds is 2. The Labute approximate surface area is 417 Å². The molecule has 0 saturated heterocycles. The maximum atomic E-state index is 2.69. The first kappa shape index (κ1) is 38.4. The molecule has 0 radical (unpaired) electrons. The van der Waals surface area contributed by atoms with Crippen LogP contribution in [0.15, 0.2) is 231 Å². The van der Waals surface area contributed by atoms with Crippen molar-refractivity contribution in [1.82, 2.24) is 0 Å².